The Kier molecular flexibility index (Phi) is 4.77. The Morgan fingerprint density at radius 1 is 1.04 bits per heavy atom. The van der Waals surface area contributed by atoms with Gasteiger partial charge in [-0.2, -0.15) is 0 Å². The van der Waals surface area contributed by atoms with Crippen LogP contribution in [0, 0.1) is 0 Å². The summed E-state index contributed by atoms with van der Waals surface area (Å²) in [6.45, 7) is 1.48. The number of rotatable bonds is 5. The Labute approximate surface area is 162 Å². The molecule has 1 aliphatic rings. The zero-order chi connectivity index (χ0) is 18.8. The molecule has 1 saturated heterocycles. The molecule has 2 aromatic carbocycles. The molecule has 6 heteroatoms. The Balaban J connectivity index is 1.56. The van der Waals surface area contributed by atoms with Crippen molar-refractivity contribution < 1.29 is 14.3 Å². The van der Waals surface area contributed by atoms with Gasteiger partial charge in [-0.05, 0) is 48.5 Å². The van der Waals surface area contributed by atoms with Crippen molar-refractivity contribution in [3.63, 3.8) is 0 Å². The fraction of sp³-hybridized carbons (Fsp3) is 0.190. The molecule has 27 heavy (non-hydrogen) atoms. The third-order valence-electron chi connectivity index (χ3n) is 4.59. The van der Waals surface area contributed by atoms with E-state index in [-0.39, 0.29) is 12.1 Å². The normalized spacial score (nSPS) is 13.9. The Hall–Kier alpha value is -2.92. The lowest BCUT2D eigenvalue weighted by Gasteiger charge is -2.41. The van der Waals surface area contributed by atoms with Crippen LogP contribution in [0.1, 0.15) is 10.4 Å². The molecule has 138 valence electrons. The van der Waals surface area contributed by atoms with Crippen LogP contribution in [-0.2, 0) is 4.74 Å². The molecule has 0 bridgehead atoms. The lowest BCUT2D eigenvalue weighted by Crippen LogP contribution is -2.54. The van der Waals surface area contributed by atoms with Gasteiger partial charge in [-0.25, -0.2) is 4.79 Å². The highest BCUT2D eigenvalue weighted by Crippen LogP contribution is 2.33. The number of hydrogen-bond donors (Lipinski definition) is 0. The molecule has 0 amide bonds. The number of methoxy groups -OCH3 is 1. The number of ether oxygens (including phenoxy) is 2. The van der Waals surface area contributed by atoms with Gasteiger partial charge in [-0.3, -0.25) is 0 Å². The van der Waals surface area contributed by atoms with E-state index in [9.17, 15) is 4.79 Å². The van der Waals surface area contributed by atoms with E-state index in [4.69, 9.17) is 21.1 Å². The summed E-state index contributed by atoms with van der Waals surface area (Å²) in [5.74, 6) is 0.452. The van der Waals surface area contributed by atoms with Gasteiger partial charge in [0.05, 0.1) is 37.1 Å². The lowest BCUT2D eigenvalue weighted by atomic mass is 10.1. The lowest BCUT2D eigenvalue weighted by molar-refractivity contribution is 0.0601. The van der Waals surface area contributed by atoms with Crippen LogP contribution in [0.3, 0.4) is 0 Å². The third-order valence-corrected chi connectivity index (χ3v) is 4.84. The number of aromatic nitrogens is 1. The molecule has 1 aliphatic heterocycles. The second-order valence-electron chi connectivity index (χ2n) is 6.35. The molecule has 0 radical (unpaired) electrons. The minimum Gasteiger partial charge on any atom is -0.487 e. The first-order chi connectivity index (χ1) is 13.2. The number of carbonyl (C=O) groups excluding carboxylic acids is 1. The number of para-hydroxylation sites is 1. The Morgan fingerprint density at radius 3 is 2.41 bits per heavy atom. The maximum atomic E-state index is 12.3. The van der Waals surface area contributed by atoms with Crippen molar-refractivity contribution in [2.45, 2.75) is 6.10 Å². The molecule has 0 unspecified atom stereocenters. The maximum absolute atomic E-state index is 12.3. The molecule has 0 aliphatic carbocycles. The van der Waals surface area contributed by atoms with Crippen molar-refractivity contribution in [3.05, 3.63) is 77.6 Å². The highest BCUT2D eigenvalue weighted by atomic mass is 35.5. The second-order valence-corrected chi connectivity index (χ2v) is 6.79. The van der Waals surface area contributed by atoms with Crippen LogP contribution in [0.2, 0.25) is 5.02 Å². The third kappa shape index (κ3) is 3.51. The Morgan fingerprint density at radius 2 is 1.74 bits per heavy atom. The highest BCUT2D eigenvalue weighted by molar-refractivity contribution is 6.30. The number of benzene rings is 2. The van der Waals surface area contributed by atoms with Gasteiger partial charge in [0.15, 0.2) is 0 Å². The SMILES string of the molecule is COC(=O)c1cccc(N2CC(Oc3ccc(Cl)cc3)C2)c1-n1cccc1. The number of esters is 1. The number of hydrogen-bond acceptors (Lipinski definition) is 4. The Bertz CT molecular complexity index is 933. The van der Waals surface area contributed by atoms with Crippen molar-refractivity contribution >= 4 is 23.3 Å². The second kappa shape index (κ2) is 7.37. The summed E-state index contributed by atoms with van der Waals surface area (Å²) >= 11 is 5.91. The average Bonchev–Trinajstić information content (AvgIpc) is 3.19. The minimum atomic E-state index is -0.352. The molecule has 3 aromatic rings. The van der Waals surface area contributed by atoms with Gasteiger partial charge < -0.3 is 18.9 Å². The van der Waals surface area contributed by atoms with E-state index >= 15 is 0 Å². The first-order valence-electron chi connectivity index (χ1n) is 8.67. The van der Waals surface area contributed by atoms with E-state index in [2.05, 4.69) is 4.90 Å². The summed E-state index contributed by atoms with van der Waals surface area (Å²) < 4.78 is 12.9. The van der Waals surface area contributed by atoms with Crippen LogP contribution >= 0.6 is 11.6 Å². The van der Waals surface area contributed by atoms with E-state index < -0.39 is 0 Å². The summed E-state index contributed by atoms with van der Waals surface area (Å²) in [6, 6.07) is 16.9. The molecule has 0 saturated carbocycles. The van der Waals surface area contributed by atoms with Crippen LogP contribution in [0.4, 0.5) is 5.69 Å². The van der Waals surface area contributed by atoms with Crippen LogP contribution in [0.25, 0.3) is 5.69 Å². The first-order valence-corrected chi connectivity index (χ1v) is 9.05. The highest BCUT2D eigenvalue weighted by Gasteiger charge is 2.31. The van der Waals surface area contributed by atoms with Crippen molar-refractivity contribution in [2.75, 3.05) is 25.1 Å². The van der Waals surface area contributed by atoms with Crippen LogP contribution < -0.4 is 9.64 Å². The largest absolute Gasteiger partial charge is 0.487 e. The monoisotopic (exact) mass is 382 g/mol. The van der Waals surface area contributed by atoms with Gasteiger partial charge in [-0.1, -0.05) is 17.7 Å². The molecule has 2 heterocycles. The minimum absolute atomic E-state index is 0.0884. The standard InChI is InChI=1S/C21H19ClN2O3/c1-26-21(25)18-5-4-6-19(20(18)23-11-2-3-12-23)24-13-17(14-24)27-16-9-7-15(22)8-10-16/h2-12,17H,13-14H2,1H3. The van der Waals surface area contributed by atoms with Gasteiger partial charge in [0.1, 0.15) is 11.9 Å². The zero-order valence-corrected chi connectivity index (χ0v) is 15.6. The predicted octanol–water partition coefficient (Wildman–Crippen LogP) is 4.18. The van der Waals surface area contributed by atoms with E-state index in [1.54, 1.807) is 6.07 Å². The molecular weight excluding hydrogens is 364 g/mol. The van der Waals surface area contributed by atoms with Gasteiger partial charge in [-0.15, -0.1) is 0 Å². The van der Waals surface area contributed by atoms with Crippen LogP contribution in [0.15, 0.2) is 67.0 Å². The number of carbonyl (C=O) groups is 1. The summed E-state index contributed by atoms with van der Waals surface area (Å²) in [6.07, 6.45) is 3.94. The van der Waals surface area contributed by atoms with E-state index in [1.165, 1.54) is 7.11 Å². The topological polar surface area (TPSA) is 43.7 Å². The molecule has 4 rings (SSSR count). The molecule has 0 atom stereocenters. The summed E-state index contributed by atoms with van der Waals surface area (Å²) in [5.41, 5.74) is 2.33. The smallest absolute Gasteiger partial charge is 0.340 e. The van der Waals surface area contributed by atoms with Gasteiger partial charge >= 0.3 is 5.97 Å². The van der Waals surface area contributed by atoms with Crippen molar-refractivity contribution in [2.24, 2.45) is 0 Å². The summed E-state index contributed by atoms with van der Waals surface area (Å²) in [4.78, 5) is 14.5. The summed E-state index contributed by atoms with van der Waals surface area (Å²) in [7, 11) is 1.40. The fourth-order valence-electron chi connectivity index (χ4n) is 3.23. The fourth-order valence-corrected chi connectivity index (χ4v) is 3.36. The van der Waals surface area contributed by atoms with Crippen molar-refractivity contribution in [1.29, 1.82) is 0 Å². The molecule has 1 aromatic heterocycles. The van der Waals surface area contributed by atoms with E-state index in [0.29, 0.717) is 10.6 Å². The van der Waals surface area contributed by atoms with Crippen LogP contribution in [-0.4, -0.2) is 36.8 Å². The van der Waals surface area contributed by atoms with Crippen molar-refractivity contribution in [3.8, 4) is 11.4 Å². The van der Waals surface area contributed by atoms with Crippen LogP contribution in [0.5, 0.6) is 5.75 Å². The zero-order valence-electron chi connectivity index (χ0n) is 14.8. The van der Waals surface area contributed by atoms with Crippen molar-refractivity contribution in [1.82, 2.24) is 4.57 Å². The molecule has 1 fully saturated rings. The molecule has 0 spiro atoms. The van der Waals surface area contributed by atoms with Gasteiger partial charge in [0.25, 0.3) is 0 Å². The number of nitrogens with zero attached hydrogens (tertiary/aromatic N) is 2. The molecule has 0 N–H and O–H groups in total. The predicted molar refractivity (Wildman–Crippen MR) is 105 cm³/mol. The first kappa shape index (κ1) is 17.5. The number of halogens is 1. The average molecular weight is 383 g/mol. The molecular formula is C21H19ClN2O3. The van der Waals surface area contributed by atoms with E-state index in [1.807, 2.05) is 65.5 Å². The van der Waals surface area contributed by atoms with E-state index in [0.717, 1.165) is 30.2 Å². The quantitative estimate of drug-likeness (QED) is 0.621. The molecule has 5 nitrogen and oxygen atoms in total. The van der Waals surface area contributed by atoms with Gasteiger partial charge in [0.2, 0.25) is 0 Å². The maximum Gasteiger partial charge on any atom is 0.340 e. The number of anilines is 1. The summed E-state index contributed by atoms with van der Waals surface area (Å²) in [5, 5.41) is 0.688. The van der Waals surface area contributed by atoms with Gasteiger partial charge in [0, 0.05) is 17.4 Å².